The summed E-state index contributed by atoms with van der Waals surface area (Å²) in [5, 5.41) is 10.2. The zero-order valence-corrected chi connectivity index (χ0v) is 12.3. The van der Waals surface area contributed by atoms with Crippen LogP contribution < -0.4 is 11.2 Å². The first kappa shape index (κ1) is 17.0. The van der Waals surface area contributed by atoms with E-state index >= 15 is 0 Å². The zero-order valence-electron chi connectivity index (χ0n) is 11.4. The molecular formula is C10H15N2O9P. The second-order valence-corrected chi connectivity index (χ2v) is 5.78. The number of aliphatic hydroxyl groups excluding tert-OH is 1. The Balaban J connectivity index is 2.32. The van der Waals surface area contributed by atoms with Gasteiger partial charge in [-0.25, -0.2) is 9.36 Å². The SMILES string of the molecule is COC[C@H]1O[C@@H](n2ccc(=O)[nH]c2=O)[C@H](O)[C@@H]1OP(=O)(O)O. The Morgan fingerprint density at radius 2 is 2.14 bits per heavy atom. The first-order valence-electron chi connectivity index (χ1n) is 6.11. The summed E-state index contributed by atoms with van der Waals surface area (Å²) in [4.78, 5) is 42.5. The van der Waals surface area contributed by atoms with Crippen LogP contribution in [0.15, 0.2) is 21.9 Å². The van der Waals surface area contributed by atoms with Gasteiger partial charge >= 0.3 is 13.5 Å². The Morgan fingerprint density at radius 3 is 2.68 bits per heavy atom. The molecule has 0 saturated carbocycles. The molecule has 11 nitrogen and oxygen atoms in total. The van der Waals surface area contributed by atoms with Crippen molar-refractivity contribution in [2.24, 2.45) is 0 Å². The van der Waals surface area contributed by atoms with Crippen LogP contribution in [0.25, 0.3) is 0 Å². The molecule has 1 fully saturated rings. The molecule has 1 saturated heterocycles. The number of rotatable bonds is 5. The maximum atomic E-state index is 11.7. The summed E-state index contributed by atoms with van der Waals surface area (Å²) < 4.78 is 26.6. The molecule has 0 aliphatic carbocycles. The number of methoxy groups -OCH3 is 1. The van der Waals surface area contributed by atoms with E-state index in [1.54, 1.807) is 0 Å². The van der Waals surface area contributed by atoms with E-state index in [1.807, 2.05) is 4.98 Å². The van der Waals surface area contributed by atoms with E-state index in [0.29, 0.717) is 0 Å². The molecule has 0 aromatic carbocycles. The monoisotopic (exact) mass is 338 g/mol. The number of hydrogen-bond donors (Lipinski definition) is 4. The highest BCUT2D eigenvalue weighted by molar-refractivity contribution is 7.46. The molecule has 0 radical (unpaired) electrons. The number of aliphatic hydroxyl groups is 1. The van der Waals surface area contributed by atoms with Crippen LogP contribution in [-0.2, 0) is 18.6 Å². The topological polar surface area (TPSA) is 160 Å². The first-order valence-corrected chi connectivity index (χ1v) is 7.64. The number of aromatic amines is 1. The van der Waals surface area contributed by atoms with Gasteiger partial charge in [-0.15, -0.1) is 0 Å². The first-order chi connectivity index (χ1) is 10.2. The third kappa shape index (κ3) is 3.70. The molecule has 0 spiro atoms. The lowest BCUT2D eigenvalue weighted by Gasteiger charge is -2.20. The number of phosphoric ester groups is 1. The molecule has 1 aromatic rings. The van der Waals surface area contributed by atoms with Gasteiger partial charge in [-0.05, 0) is 0 Å². The number of ether oxygens (including phenoxy) is 2. The molecule has 22 heavy (non-hydrogen) atoms. The average Bonchev–Trinajstić information content (AvgIpc) is 2.67. The van der Waals surface area contributed by atoms with Crippen molar-refractivity contribution in [3.63, 3.8) is 0 Å². The maximum Gasteiger partial charge on any atom is 0.470 e. The lowest BCUT2D eigenvalue weighted by Crippen LogP contribution is -2.38. The molecule has 1 aromatic heterocycles. The minimum Gasteiger partial charge on any atom is -0.386 e. The number of aromatic nitrogens is 2. The van der Waals surface area contributed by atoms with Crippen LogP contribution in [0.3, 0.4) is 0 Å². The van der Waals surface area contributed by atoms with Crippen LogP contribution in [-0.4, -0.2) is 56.5 Å². The van der Waals surface area contributed by atoms with Gasteiger partial charge < -0.3 is 24.4 Å². The molecule has 0 bridgehead atoms. The molecular weight excluding hydrogens is 323 g/mol. The molecule has 4 atom stereocenters. The lowest BCUT2D eigenvalue weighted by molar-refractivity contribution is -0.0612. The highest BCUT2D eigenvalue weighted by atomic mass is 31.2. The zero-order chi connectivity index (χ0) is 16.5. The number of nitrogens with one attached hydrogen (secondary N) is 1. The smallest absolute Gasteiger partial charge is 0.386 e. The van der Waals surface area contributed by atoms with Gasteiger partial charge in [0.2, 0.25) is 0 Å². The highest BCUT2D eigenvalue weighted by Gasteiger charge is 2.48. The fourth-order valence-electron chi connectivity index (χ4n) is 2.16. The molecule has 124 valence electrons. The molecule has 1 aliphatic heterocycles. The Hall–Kier alpha value is -1.33. The van der Waals surface area contributed by atoms with Gasteiger partial charge in [0.05, 0.1) is 6.61 Å². The normalized spacial score (nSPS) is 28.9. The second kappa shape index (κ2) is 6.42. The van der Waals surface area contributed by atoms with Crippen LogP contribution in [0.2, 0.25) is 0 Å². The molecule has 2 rings (SSSR count). The van der Waals surface area contributed by atoms with Crippen molar-refractivity contribution in [1.29, 1.82) is 0 Å². The van der Waals surface area contributed by atoms with Crippen molar-refractivity contribution in [3.8, 4) is 0 Å². The summed E-state index contributed by atoms with van der Waals surface area (Å²) in [6.45, 7) is -0.129. The molecule has 0 unspecified atom stereocenters. The summed E-state index contributed by atoms with van der Waals surface area (Å²) in [6.07, 6.45) is -4.18. The van der Waals surface area contributed by atoms with Gasteiger partial charge in [0.15, 0.2) is 6.23 Å². The third-order valence-electron chi connectivity index (χ3n) is 3.02. The van der Waals surface area contributed by atoms with Gasteiger partial charge in [0, 0.05) is 19.4 Å². The quantitative estimate of drug-likeness (QED) is 0.442. The molecule has 12 heteroatoms. The van der Waals surface area contributed by atoms with E-state index < -0.39 is 43.6 Å². The van der Waals surface area contributed by atoms with Crippen molar-refractivity contribution in [3.05, 3.63) is 33.1 Å². The Kier molecular flexibility index (Phi) is 4.97. The van der Waals surface area contributed by atoms with E-state index in [1.165, 1.54) is 7.11 Å². The van der Waals surface area contributed by atoms with Crippen LogP contribution in [0.4, 0.5) is 0 Å². The van der Waals surface area contributed by atoms with Gasteiger partial charge in [0.1, 0.15) is 18.3 Å². The van der Waals surface area contributed by atoms with E-state index in [2.05, 4.69) is 4.52 Å². The summed E-state index contributed by atoms with van der Waals surface area (Å²) >= 11 is 0. The Labute approximate surface area is 123 Å². The minimum absolute atomic E-state index is 0.129. The molecule has 1 aliphatic rings. The number of nitrogens with zero attached hydrogens (tertiary/aromatic N) is 1. The molecule has 0 amide bonds. The second-order valence-electron chi connectivity index (χ2n) is 4.59. The third-order valence-corrected chi connectivity index (χ3v) is 3.54. The average molecular weight is 338 g/mol. The molecule has 2 heterocycles. The van der Waals surface area contributed by atoms with E-state index in [4.69, 9.17) is 19.3 Å². The van der Waals surface area contributed by atoms with Crippen LogP contribution in [0.5, 0.6) is 0 Å². The standard InChI is InChI=1S/C10H15N2O9P/c1-19-4-5-8(21-22(16,17)18)7(14)9(20-5)12-3-2-6(13)11-10(12)15/h2-3,5,7-9,14H,4H2,1H3,(H,11,13,15)(H2,16,17,18)/t5-,7-,8-,9-/m1/s1. The summed E-state index contributed by atoms with van der Waals surface area (Å²) in [5.74, 6) is 0. The van der Waals surface area contributed by atoms with Crippen molar-refractivity contribution in [2.75, 3.05) is 13.7 Å². The largest absolute Gasteiger partial charge is 0.470 e. The van der Waals surface area contributed by atoms with E-state index in [-0.39, 0.29) is 6.61 Å². The van der Waals surface area contributed by atoms with Crippen molar-refractivity contribution in [2.45, 2.75) is 24.5 Å². The minimum atomic E-state index is -4.89. The van der Waals surface area contributed by atoms with Crippen LogP contribution in [0.1, 0.15) is 6.23 Å². The van der Waals surface area contributed by atoms with Crippen molar-refractivity contribution < 1.29 is 33.5 Å². The summed E-state index contributed by atoms with van der Waals surface area (Å²) in [6, 6.07) is 1.04. The number of hydrogen-bond acceptors (Lipinski definition) is 7. The summed E-state index contributed by atoms with van der Waals surface area (Å²) in [5.41, 5.74) is -1.48. The lowest BCUT2D eigenvalue weighted by atomic mass is 10.1. The fourth-order valence-corrected chi connectivity index (χ4v) is 2.74. The van der Waals surface area contributed by atoms with Gasteiger partial charge in [-0.2, -0.15) is 0 Å². The summed E-state index contributed by atoms with van der Waals surface area (Å²) in [7, 11) is -3.57. The Morgan fingerprint density at radius 1 is 1.45 bits per heavy atom. The van der Waals surface area contributed by atoms with E-state index in [0.717, 1.165) is 16.8 Å². The van der Waals surface area contributed by atoms with Crippen molar-refractivity contribution >= 4 is 7.82 Å². The van der Waals surface area contributed by atoms with E-state index in [9.17, 15) is 19.3 Å². The highest BCUT2D eigenvalue weighted by Crippen LogP contribution is 2.43. The Bertz CT molecular complexity index is 679. The van der Waals surface area contributed by atoms with Crippen molar-refractivity contribution in [1.82, 2.24) is 9.55 Å². The van der Waals surface area contributed by atoms with Gasteiger partial charge in [0.25, 0.3) is 5.56 Å². The van der Waals surface area contributed by atoms with Gasteiger partial charge in [-0.1, -0.05) is 0 Å². The predicted molar refractivity (Wildman–Crippen MR) is 70.0 cm³/mol. The molecule has 4 N–H and O–H groups in total. The van der Waals surface area contributed by atoms with Crippen LogP contribution >= 0.6 is 7.82 Å². The number of H-pyrrole nitrogens is 1. The van der Waals surface area contributed by atoms with Gasteiger partial charge in [-0.3, -0.25) is 18.9 Å². The predicted octanol–water partition coefficient (Wildman–Crippen LogP) is -2.08. The maximum absolute atomic E-state index is 11.7. The van der Waals surface area contributed by atoms with Crippen LogP contribution in [0, 0.1) is 0 Å². The fraction of sp³-hybridized carbons (Fsp3) is 0.600. The number of phosphoric acid groups is 1.